The van der Waals surface area contributed by atoms with Gasteiger partial charge in [0.2, 0.25) is 0 Å². The first kappa shape index (κ1) is 13.2. The summed E-state index contributed by atoms with van der Waals surface area (Å²) < 4.78 is 27.5. The number of halogens is 2. The molecule has 0 aliphatic rings. The number of aryl methyl sites for hydroxylation is 1. The molecule has 4 heteroatoms. The highest BCUT2D eigenvalue weighted by atomic mass is 32.1. The van der Waals surface area contributed by atoms with E-state index >= 15 is 0 Å². The molecule has 0 fully saturated rings. The average Bonchev–Trinajstić information content (AvgIpc) is 2.79. The van der Waals surface area contributed by atoms with E-state index in [1.165, 1.54) is 35.6 Å². The summed E-state index contributed by atoms with van der Waals surface area (Å²) in [6, 6.07) is 11.0. The highest BCUT2D eigenvalue weighted by molar-refractivity contribution is 7.19. The van der Waals surface area contributed by atoms with Crippen molar-refractivity contribution in [1.29, 1.82) is 0 Å². The van der Waals surface area contributed by atoms with Crippen LogP contribution in [-0.4, -0.2) is 0 Å². The zero-order chi connectivity index (χ0) is 14.3. The molecule has 0 aliphatic heterocycles. The molecular formula is C16H13F2NS. The Kier molecular flexibility index (Phi) is 3.28. The molecule has 3 rings (SSSR count). The number of nitrogens with two attached hydrogens (primary N) is 1. The van der Waals surface area contributed by atoms with Crippen LogP contribution in [0, 0.1) is 18.6 Å². The Labute approximate surface area is 119 Å². The van der Waals surface area contributed by atoms with Crippen molar-refractivity contribution in [2.24, 2.45) is 5.73 Å². The maximum atomic E-state index is 13.5. The molecule has 1 nitrogen and oxygen atoms in total. The first-order valence-electron chi connectivity index (χ1n) is 6.24. The van der Waals surface area contributed by atoms with Gasteiger partial charge in [-0.3, -0.25) is 0 Å². The van der Waals surface area contributed by atoms with Gasteiger partial charge in [0.15, 0.2) is 0 Å². The van der Waals surface area contributed by atoms with Gasteiger partial charge >= 0.3 is 0 Å². The van der Waals surface area contributed by atoms with Gasteiger partial charge in [-0.1, -0.05) is 12.1 Å². The van der Waals surface area contributed by atoms with Crippen molar-refractivity contribution in [3.05, 3.63) is 70.1 Å². The van der Waals surface area contributed by atoms with Crippen LogP contribution in [0.15, 0.2) is 42.5 Å². The van der Waals surface area contributed by atoms with Crippen molar-refractivity contribution in [3.8, 4) is 0 Å². The molecular weight excluding hydrogens is 276 g/mol. The van der Waals surface area contributed by atoms with Crippen LogP contribution >= 0.6 is 11.3 Å². The highest BCUT2D eigenvalue weighted by Gasteiger charge is 2.14. The first-order chi connectivity index (χ1) is 9.52. The Morgan fingerprint density at radius 3 is 2.55 bits per heavy atom. The third kappa shape index (κ3) is 2.44. The minimum absolute atomic E-state index is 0.263. The number of thiophene rings is 1. The lowest BCUT2D eigenvalue weighted by atomic mass is 10.0. The van der Waals surface area contributed by atoms with Gasteiger partial charge in [-0.2, -0.15) is 0 Å². The number of fused-ring (bicyclic) bond motifs is 1. The van der Waals surface area contributed by atoms with Crippen LogP contribution in [0.2, 0.25) is 0 Å². The van der Waals surface area contributed by atoms with Gasteiger partial charge in [0.1, 0.15) is 11.6 Å². The van der Waals surface area contributed by atoms with E-state index in [0.717, 1.165) is 26.1 Å². The van der Waals surface area contributed by atoms with Gasteiger partial charge in [-0.15, -0.1) is 11.3 Å². The second kappa shape index (κ2) is 4.96. The van der Waals surface area contributed by atoms with Gasteiger partial charge in [0.25, 0.3) is 0 Å². The Morgan fingerprint density at radius 2 is 1.80 bits per heavy atom. The molecule has 0 amide bonds. The molecule has 0 radical (unpaired) electrons. The van der Waals surface area contributed by atoms with Crippen molar-refractivity contribution < 1.29 is 8.78 Å². The fraction of sp³-hybridized carbons (Fsp3) is 0.125. The summed E-state index contributed by atoms with van der Waals surface area (Å²) in [5.41, 5.74) is 7.77. The number of hydrogen-bond donors (Lipinski definition) is 1. The zero-order valence-corrected chi connectivity index (χ0v) is 11.7. The molecule has 1 unspecified atom stereocenters. The van der Waals surface area contributed by atoms with E-state index in [4.69, 9.17) is 5.73 Å². The molecule has 0 aliphatic carbocycles. The van der Waals surface area contributed by atoms with E-state index in [9.17, 15) is 8.78 Å². The molecule has 0 bridgehead atoms. The van der Waals surface area contributed by atoms with Crippen molar-refractivity contribution in [3.63, 3.8) is 0 Å². The monoisotopic (exact) mass is 289 g/mol. The van der Waals surface area contributed by atoms with Gasteiger partial charge in [0.05, 0.1) is 6.04 Å². The number of benzene rings is 2. The lowest BCUT2D eigenvalue weighted by Crippen LogP contribution is -2.10. The average molecular weight is 289 g/mol. The predicted molar refractivity (Wildman–Crippen MR) is 79.0 cm³/mol. The standard InChI is InChI=1S/C16H13F2NS/c1-9-4-11(6-13(18)5-9)16(19)15-7-10-2-3-12(17)8-14(10)20-15/h2-8,16H,19H2,1H3. The van der Waals surface area contributed by atoms with Crippen LogP contribution in [0.5, 0.6) is 0 Å². The van der Waals surface area contributed by atoms with Crippen LogP contribution in [0.1, 0.15) is 22.0 Å². The molecule has 1 atom stereocenters. The summed E-state index contributed by atoms with van der Waals surface area (Å²) in [5, 5.41) is 0.954. The Morgan fingerprint density at radius 1 is 1.00 bits per heavy atom. The highest BCUT2D eigenvalue weighted by Crippen LogP contribution is 2.32. The minimum atomic E-state index is -0.398. The molecule has 20 heavy (non-hydrogen) atoms. The summed E-state index contributed by atoms with van der Waals surface area (Å²) in [6.45, 7) is 1.83. The van der Waals surface area contributed by atoms with E-state index in [0.29, 0.717) is 0 Å². The molecule has 0 saturated carbocycles. The van der Waals surface area contributed by atoms with E-state index in [2.05, 4.69) is 0 Å². The van der Waals surface area contributed by atoms with Crippen LogP contribution in [0.3, 0.4) is 0 Å². The SMILES string of the molecule is Cc1cc(F)cc(C(N)c2cc3ccc(F)cc3s2)c1. The second-order valence-electron chi connectivity index (χ2n) is 4.87. The molecule has 102 valence electrons. The summed E-state index contributed by atoms with van der Waals surface area (Å²) in [7, 11) is 0. The normalized spacial score (nSPS) is 12.8. The smallest absolute Gasteiger partial charge is 0.124 e. The maximum Gasteiger partial charge on any atom is 0.124 e. The van der Waals surface area contributed by atoms with E-state index in [1.807, 2.05) is 19.1 Å². The van der Waals surface area contributed by atoms with Crippen molar-refractivity contribution >= 4 is 21.4 Å². The second-order valence-corrected chi connectivity index (χ2v) is 5.99. The van der Waals surface area contributed by atoms with Crippen LogP contribution in [0.25, 0.3) is 10.1 Å². The van der Waals surface area contributed by atoms with Crippen molar-refractivity contribution in [2.75, 3.05) is 0 Å². The van der Waals surface area contributed by atoms with Crippen LogP contribution in [-0.2, 0) is 0 Å². The number of rotatable bonds is 2. The summed E-state index contributed by atoms with van der Waals surface area (Å²) in [4.78, 5) is 0.899. The third-order valence-corrected chi connectivity index (χ3v) is 4.41. The molecule has 1 heterocycles. The lowest BCUT2D eigenvalue weighted by molar-refractivity contribution is 0.622. The molecule has 2 N–H and O–H groups in total. The topological polar surface area (TPSA) is 26.0 Å². The van der Waals surface area contributed by atoms with Crippen molar-refractivity contribution in [2.45, 2.75) is 13.0 Å². The van der Waals surface area contributed by atoms with Gasteiger partial charge < -0.3 is 5.73 Å². The minimum Gasteiger partial charge on any atom is -0.320 e. The summed E-state index contributed by atoms with van der Waals surface area (Å²) in [6.07, 6.45) is 0. The fourth-order valence-corrected chi connectivity index (χ4v) is 3.41. The number of hydrogen-bond acceptors (Lipinski definition) is 2. The Bertz CT molecular complexity index is 759. The fourth-order valence-electron chi connectivity index (χ4n) is 2.29. The lowest BCUT2D eigenvalue weighted by Gasteiger charge is -2.11. The van der Waals surface area contributed by atoms with E-state index < -0.39 is 6.04 Å². The first-order valence-corrected chi connectivity index (χ1v) is 7.06. The molecule has 0 saturated heterocycles. The molecule has 3 aromatic rings. The third-order valence-electron chi connectivity index (χ3n) is 3.23. The Balaban J connectivity index is 2.05. The quantitative estimate of drug-likeness (QED) is 0.736. The maximum absolute atomic E-state index is 13.5. The van der Waals surface area contributed by atoms with Gasteiger partial charge in [0, 0.05) is 9.58 Å². The molecule has 2 aromatic carbocycles. The zero-order valence-electron chi connectivity index (χ0n) is 10.9. The predicted octanol–water partition coefficient (Wildman–Crippen LogP) is 4.54. The van der Waals surface area contributed by atoms with Gasteiger partial charge in [-0.05, 0) is 53.8 Å². The molecule has 0 spiro atoms. The van der Waals surface area contributed by atoms with Crippen LogP contribution < -0.4 is 5.73 Å². The van der Waals surface area contributed by atoms with Gasteiger partial charge in [-0.25, -0.2) is 8.78 Å². The van der Waals surface area contributed by atoms with Crippen LogP contribution in [0.4, 0.5) is 8.78 Å². The molecule has 1 aromatic heterocycles. The summed E-state index contributed by atoms with van der Waals surface area (Å²) in [5.74, 6) is -0.552. The van der Waals surface area contributed by atoms with E-state index in [1.54, 1.807) is 6.07 Å². The summed E-state index contributed by atoms with van der Waals surface area (Å²) >= 11 is 1.44. The van der Waals surface area contributed by atoms with E-state index in [-0.39, 0.29) is 11.6 Å². The van der Waals surface area contributed by atoms with Crippen molar-refractivity contribution in [1.82, 2.24) is 0 Å². The largest absolute Gasteiger partial charge is 0.320 e. The Hall–Kier alpha value is -1.78.